The second-order valence-corrected chi connectivity index (χ2v) is 9.22. The third-order valence-electron chi connectivity index (χ3n) is 8.01. The molecule has 1 amide bonds. The molecule has 4 aliphatic rings. The first-order valence-electron chi connectivity index (χ1n) is 9.84. The van der Waals surface area contributed by atoms with Crippen LogP contribution >= 0.6 is 0 Å². The molecule has 1 spiro atoms. The summed E-state index contributed by atoms with van der Waals surface area (Å²) in [6.45, 7) is 0. The number of aromatic amines is 1. The summed E-state index contributed by atoms with van der Waals surface area (Å²) in [5, 5.41) is 3.47. The van der Waals surface area contributed by atoms with Crippen molar-refractivity contribution in [2.24, 2.45) is 23.2 Å². The van der Waals surface area contributed by atoms with Crippen LogP contribution in [0.15, 0.2) is 36.5 Å². The molecule has 134 valence electrons. The van der Waals surface area contributed by atoms with Gasteiger partial charge in [-0.05, 0) is 91.0 Å². The third-order valence-corrected chi connectivity index (χ3v) is 8.01. The van der Waals surface area contributed by atoms with E-state index < -0.39 is 0 Å². The van der Waals surface area contributed by atoms with Gasteiger partial charge < -0.3 is 10.3 Å². The Bertz CT molecular complexity index is 897. The Hall–Kier alpha value is -2.10. The van der Waals surface area contributed by atoms with Crippen LogP contribution in [-0.2, 0) is 0 Å². The van der Waals surface area contributed by atoms with Crippen molar-refractivity contribution in [1.29, 1.82) is 0 Å². The van der Waals surface area contributed by atoms with Crippen molar-refractivity contribution in [3.8, 4) is 11.1 Å². The monoisotopic (exact) mass is 350 g/mol. The van der Waals surface area contributed by atoms with Gasteiger partial charge in [0.15, 0.2) is 0 Å². The van der Waals surface area contributed by atoms with Crippen molar-refractivity contribution in [2.75, 3.05) is 0 Å². The van der Waals surface area contributed by atoms with E-state index in [1.807, 2.05) is 12.3 Å². The molecule has 3 bridgehead atoms. The van der Waals surface area contributed by atoms with Gasteiger partial charge in [-0.25, -0.2) is 4.39 Å². The van der Waals surface area contributed by atoms with Gasteiger partial charge in [0.05, 0.1) is 0 Å². The first-order valence-corrected chi connectivity index (χ1v) is 9.84. The number of rotatable bonds is 3. The maximum absolute atomic E-state index is 13.1. The number of carbonyl (C=O) groups is 1. The standard InChI is InChI=1S/C22H23FN2O/c23-18-3-1-15(2-4-18)16-7-19(24-12-16)20(26)25-22-10-14-5-13-6-17(11-22)21(22,8-13)9-14/h1-4,7,12-14,17,24H,5-6,8-11H2,(H,25,26). The summed E-state index contributed by atoms with van der Waals surface area (Å²) >= 11 is 0. The van der Waals surface area contributed by atoms with Gasteiger partial charge >= 0.3 is 0 Å². The molecule has 4 aliphatic carbocycles. The number of benzene rings is 1. The highest BCUT2D eigenvalue weighted by molar-refractivity contribution is 5.94. The topological polar surface area (TPSA) is 44.9 Å². The van der Waals surface area contributed by atoms with Gasteiger partial charge in [-0.15, -0.1) is 0 Å². The zero-order valence-corrected chi connectivity index (χ0v) is 14.7. The van der Waals surface area contributed by atoms with Crippen LogP contribution in [0.4, 0.5) is 4.39 Å². The molecule has 2 aromatic rings. The number of aromatic nitrogens is 1. The van der Waals surface area contributed by atoms with Crippen molar-refractivity contribution in [3.05, 3.63) is 48.0 Å². The van der Waals surface area contributed by atoms with E-state index in [1.54, 1.807) is 12.1 Å². The lowest BCUT2D eigenvalue weighted by atomic mass is 9.51. The van der Waals surface area contributed by atoms with Gasteiger partial charge in [-0.3, -0.25) is 4.79 Å². The minimum Gasteiger partial charge on any atom is -0.357 e. The highest BCUT2D eigenvalue weighted by Crippen LogP contribution is 2.77. The van der Waals surface area contributed by atoms with E-state index in [0.29, 0.717) is 11.1 Å². The number of amides is 1. The van der Waals surface area contributed by atoms with Gasteiger partial charge in [-0.2, -0.15) is 0 Å². The van der Waals surface area contributed by atoms with Crippen molar-refractivity contribution in [3.63, 3.8) is 0 Å². The number of carbonyl (C=O) groups excluding carboxylic acids is 1. The molecule has 0 aliphatic heterocycles. The largest absolute Gasteiger partial charge is 0.357 e. The van der Waals surface area contributed by atoms with Crippen LogP contribution < -0.4 is 5.32 Å². The lowest BCUT2D eigenvalue weighted by Gasteiger charge is -2.59. The van der Waals surface area contributed by atoms with Crippen molar-refractivity contribution in [2.45, 2.75) is 44.1 Å². The summed E-state index contributed by atoms with van der Waals surface area (Å²) in [6.07, 6.45) is 9.63. The van der Waals surface area contributed by atoms with Crippen LogP contribution in [-0.4, -0.2) is 16.4 Å². The normalized spacial score (nSPS) is 38.9. The molecule has 4 fully saturated rings. The fraction of sp³-hybridized carbons (Fsp3) is 0.500. The van der Waals surface area contributed by atoms with E-state index in [9.17, 15) is 9.18 Å². The number of halogens is 1. The minimum atomic E-state index is -0.248. The summed E-state index contributed by atoms with van der Waals surface area (Å²) in [5.41, 5.74) is 2.89. The Labute approximate surface area is 152 Å². The fourth-order valence-corrected chi connectivity index (χ4v) is 7.23. The molecule has 4 saturated carbocycles. The van der Waals surface area contributed by atoms with E-state index in [2.05, 4.69) is 10.3 Å². The second kappa shape index (κ2) is 4.79. The van der Waals surface area contributed by atoms with Gasteiger partial charge in [0, 0.05) is 11.7 Å². The van der Waals surface area contributed by atoms with Crippen LogP contribution in [0.5, 0.6) is 0 Å². The first kappa shape index (κ1) is 15.0. The van der Waals surface area contributed by atoms with Crippen LogP contribution in [0.3, 0.4) is 0 Å². The fourth-order valence-electron chi connectivity index (χ4n) is 7.23. The summed E-state index contributed by atoms with van der Waals surface area (Å²) < 4.78 is 13.1. The molecular weight excluding hydrogens is 327 g/mol. The van der Waals surface area contributed by atoms with E-state index >= 15 is 0 Å². The predicted molar refractivity (Wildman–Crippen MR) is 97.0 cm³/mol. The average Bonchev–Trinajstić information content (AvgIpc) is 3.22. The van der Waals surface area contributed by atoms with Crippen molar-refractivity contribution >= 4 is 5.91 Å². The number of hydrogen-bond acceptors (Lipinski definition) is 1. The highest BCUT2D eigenvalue weighted by atomic mass is 19.1. The number of hydrogen-bond donors (Lipinski definition) is 2. The Morgan fingerprint density at radius 2 is 1.85 bits per heavy atom. The van der Waals surface area contributed by atoms with E-state index in [1.165, 1.54) is 50.7 Å². The van der Waals surface area contributed by atoms with Crippen molar-refractivity contribution < 1.29 is 9.18 Å². The molecule has 1 aromatic heterocycles. The molecule has 0 saturated heterocycles. The summed E-state index contributed by atoms with van der Waals surface area (Å²) in [4.78, 5) is 16.1. The average molecular weight is 350 g/mol. The molecule has 4 heteroatoms. The Kier molecular flexibility index (Phi) is 2.76. The molecule has 26 heavy (non-hydrogen) atoms. The lowest BCUT2D eigenvalue weighted by Crippen LogP contribution is -2.67. The molecule has 5 unspecified atom stereocenters. The van der Waals surface area contributed by atoms with Crippen molar-refractivity contribution in [1.82, 2.24) is 10.3 Å². The zero-order valence-electron chi connectivity index (χ0n) is 14.7. The summed E-state index contributed by atoms with van der Waals surface area (Å²) in [5.74, 6) is 2.35. The number of fused-ring (bicyclic) bond motifs is 2. The van der Waals surface area contributed by atoms with E-state index in [4.69, 9.17) is 0 Å². The SMILES string of the molecule is O=C(NC12CC3CC4CC(C1)C2(C4)C3)c1cc(-c2ccc(F)cc2)c[nH]1. The Balaban J connectivity index is 1.25. The van der Waals surface area contributed by atoms with E-state index in [0.717, 1.165) is 28.9 Å². The first-order chi connectivity index (χ1) is 12.6. The van der Waals surface area contributed by atoms with Crippen LogP contribution in [0.1, 0.15) is 49.0 Å². The molecule has 3 nitrogen and oxygen atoms in total. The maximum Gasteiger partial charge on any atom is 0.268 e. The quantitative estimate of drug-likeness (QED) is 0.840. The molecule has 5 atom stereocenters. The molecule has 1 heterocycles. The summed E-state index contributed by atoms with van der Waals surface area (Å²) in [7, 11) is 0. The maximum atomic E-state index is 13.1. The molecular formula is C22H23FN2O. The van der Waals surface area contributed by atoms with Crippen LogP contribution in [0.2, 0.25) is 0 Å². The lowest BCUT2D eigenvalue weighted by molar-refractivity contribution is -0.0485. The number of H-pyrrole nitrogens is 1. The molecule has 2 N–H and O–H groups in total. The van der Waals surface area contributed by atoms with Gasteiger partial charge in [0.25, 0.3) is 5.91 Å². The smallest absolute Gasteiger partial charge is 0.268 e. The molecule has 0 radical (unpaired) electrons. The minimum absolute atomic E-state index is 0.0159. The van der Waals surface area contributed by atoms with Crippen LogP contribution in [0, 0.1) is 29.0 Å². The Morgan fingerprint density at radius 3 is 2.69 bits per heavy atom. The Morgan fingerprint density at radius 1 is 1.04 bits per heavy atom. The highest BCUT2D eigenvalue weighted by Gasteiger charge is 2.74. The molecule has 6 rings (SSSR count). The summed E-state index contributed by atoms with van der Waals surface area (Å²) in [6, 6.07) is 8.26. The van der Waals surface area contributed by atoms with Gasteiger partial charge in [-0.1, -0.05) is 12.1 Å². The van der Waals surface area contributed by atoms with E-state index in [-0.39, 0.29) is 17.3 Å². The van der Waals surface area contributed by atoms with Gasteiger partial charge in [0.1, 0.15) is 11.5 Å². The predicted octanol–water partition coefficient (Wildman–Crippen LogP) is 4.52. The van der Waals surface area contributed by atoms with Gasteiger partial charge in [0.2, 0.25) is 0 Å². The molecule has 1 aromatic carbocycles. The zero-order chi connectivity index (χ0) is 17.5. The number of nitrogens with one attached hydrogen (secondary N) is 2. The third kappa shape index (κ3) is 1.80. The van der Waals surface area contributed by atoms with Crippen LogP contribution in [0.25, 0.3) is 11.1 Å². The second-order valence-electron chi connectivity index (χ2n) is 9.22.